The third kappa shape index (κ3) is 4.60. The van der Waals surface area contributed by atoms with Crippen molar-refractivity contribution in [2.45, 2.75) is 25.4 Å². The van der Waals surface area contributed by atoms with Crippen molar-refractivity contribution in [1.29, 1.82) is 0 Å². The first kappa shape index (κ1) is 27.0. The highest BCUT2D eigenvalue weighted by atomic mass is 16.5. The molecule has 0 bridgehead atoms. The number of ether oxygens (including phenoxy) is 1. The largest absolute Gasteiger partial charge is 0.497 e. The van der Waals surface area contributed by atoms with Crippen LogP contribution in [0.25, 0.3) is 0 Å². The highest BCUT2D eigenvalue weighted by Crippen LogP contribution is 2.43. The molecule has 6 rings (SSSR count). The quantitative estimate of drug-likeness (QED) is 0.291. The lowest BCUT2D eigenvalue weighted by molar-refractivity contribution is -0.119. The summed E-state index contributed by atoms with van der Waals surface area (Å²) in [4.78, 5) is 58.6. The normalized spacial score (nSPS) is 17.5. The first-order valence-corrected chi connectivity index (χ1v) is 13.8. The highest BCUT2D eigenvalue weighted by Gasteiger charge is 2.42. The average Bonchev–Trinajstić information content (AvgIpc) is 3.26. The van der Waals surface area contributed by atoms with Gasteiger partial charge in [0.05, 0.1) is 24.3 Å². The van der Waals surface area contributed by atoms with Gasteiger partial charge < -0.3 is 14.5 Å². The molecule has 0 aliphatic carbocycles. The number of carbonyl (C=O) groups excluding carboxylic acids is 4. The van der Waals surface area contributed by atoms with Gasteiger partial charge in [0.2, 0.25) is 5.91 Å². The Bertz CT molecular complexity index is 1670. The van der Waals surface area contributed by atoms with Crippen molar-refractivity contribution in [3.63, 3.8) is 0 Å². The van der Waals surface area contributed by atoms with Crippen LogP contribution in [-0.2, 0) is 4.79 Å². The number of hydrogen-bond donors (Lipinski definition) is 0. The van der Waals surface area contributed by atoms with E-state index in [1.165, 1.54) is 0 Å². The Morgan fingerprint density at radius 2 is 1.48 bits per heavy atom. The van der Waals surface area contributed by atoms with Crippen molar-refractivity contribution < 1.29 is 23.9 Å². The van der Waals surface area contributed by atoms with Crippen LogP contribution in [0.2, 0.25) is 0 Å². The first-order chi connectivity index (χ1) is 20.4. The van der Waals surface area contributed by atoms with E-state index in [9.17, 15) is 19.2 Å². The Hall–Kier alpha value is -5.24. The fraction of sp³-hybridized carbons (Fsp3) is 0.176. The molecule has 4 aromatic rings. The standard InChI is InChI=1S/C34H29N3O5/c1-22-19-30(28-17-8-9-18-29(28)36(22)32(39)23-11-10-14-25(20-23)42-2)37(24-12-4-3-5-13-24)31(38)21-35-33(40)26-15-6-7-16-27(26)34(35)41/h3-18,20,22,30H,19,21H2,1-2H3/t22-,30+/m0/s1. The maximum Gasteiger partial charge on any atom is 0.262 e. The second-order valence-electron chi connectivity index (χ2n) is 10.4. The van der Waals surface area contributed by atoms with E-state index in [2.05, 4.69) is 0 Å². The minimum Gasteiger partial charge on any atom is -0.497 e. The molecule has 4 amide bonds. The number of para-hydroxylation sites is 2. The summed E-state index contributed by atoms with van der Waals surface area (Å²) >= 11 is 0. The molecule has 0 spiro atoms. The molecule has 0 aromatic heterocycles. The number of hydrogen-bond acceptors (Lipinski definition) is 5. The number of rotatable bonds is 6. The predicted octanol–water partition coefficient (Wildman–Crippen LogP) is 5.50. The molecule has 210 valence electrons. The molecule has 0 saturated carbocycles. The number of anilines is 2. The minimum atomic E-state index is -0.482. The Labute approximate surface area is 243 Å². The van der Waals surface area contributed by atoms with Gasteiger partial charge in [-0.3, -0.25) is 24.1 Å². The summed E-state index contributed by atoms with van der Waals surface area (Å²) in [5, 5.41) is 0. The number of fused-ring (bicyclic) bond motifs is 2. The third-order valence-electron chi connectivity index (χ3n) is 7.88. The number of amides is 4. The molecule has 2 aliphatic heterocycles. The Morgan fingerprint density at radius 3 is 2.17 bits per heavy atom. The highest BCUT2D eigenvalue weighted by molar-refractivity contribution is 6.22. The summed E-state index contributed by atoms with van der Waals surface area (Å²) in [6.07, 6.45) is 0.440. The molecule has 2 heterocycles. The molecule has 2 aliphatic rings. The zero-order valence-electron chi connectivity index (χ0n) is 23.3. The summed E-state index contributed by atoms with van der Waals surface area (Å²) in [7, 11) is 1.56. The topological polar surface area (TPSA) is 87.2 Å². The second-order valence-corrected chi connectivity index (χ2v) is 10.4. The molecule has 2 atom stereocenters. The minimum absolute atomic E-state index is 0.170. The van der Waals surface area contributed by atoms with Gasteiger partial charge in [-0.05, 0) is 67.4 Å². The number of imide groups is 1. The monoisotopic (exact) mass is 559 g/mol. The van der Waals surface area contributed by atoms with Crippen LogP contribution in [-0.4, -0.2) is 48.2 Å². The van der Waals surface area contributed by atoms with Crippen LogP contribution in [0.1, 0.15) is 56.0 Å². The van der Waals surface area contributed by atoms with Crippen LogP contribution in [0.5, 0.6) is 5.75 Å². The van der Waals surface area contributed by atoms with Gasteiger partial charge in [0, 0.05) is 23.0 Å². The Balaban J connectivity index is 1.37. The molecule has 0 N–H and O–H groups in total. The lowest BCUT2D eigenvalue weighted by Gasteiger charge is -2.43. The van der Waals surface area contributed by atoms with E-state index >= 15 is 0 Å². The molecule has 8 nitrogen and oxygen atoms in total. The van der Waals surface area contributed by atoms with Gasteiger partial charge >= 0.3 is 0 Å². The van der Waals surface area contributed by atoms with Gasteiger partial charge in [0.25, 0.3) is 17.7 Å². The van der Waals surface area contributed by atoms with E-state index in [1.807, 2.05) is 61.5 Å². The number of carbonyl (C=O) groups is 4. The lowest BCUT2D eigenvalue weighted by atomic mass is 9.89. The fourth-order valence-corrected chi connectivity index (χ4v) is 5.91. The Morgan fingerprint density at radius 1 is 0.833 bits per heavy atom. The molecular weight excluding hydrogens is 530 g/mol. The summed E-state index contributed by atoms with van der Waals surface area (Å²) in [6, 6.07) is 29.7. The predicted molar refractivity (Wildman–Crippen MR) is 159 cm³/mol. The molecule has 4 aromatic carbocycles. The molecule has 0 fully saturated rings. The zero-order valence-corrected chi connectivity index (χ0v) is 23.3. The second kappa shape index (κ2) is 11.0. The van der Waals surface area contributed by atoms with Crippen LogP contribution >= 0.6 is 0 Å². The van der Waals surface area contributed by atoms with Crippen molar-refractivity contribution in [2.24, 2.45) is 0 Å². The lowest BCUT2D eigenvalue weighted by Crippen LogP contribution is -2.50. The van der Waals surface area contributed by atoms with Crippen molar-refractivity contribution >= 4 is 35.0 Å². The molecule has 0 saturated heterocycles. The van der Waals surface area contributed by atoms with Gasteiger partial charge in [-0.1, -0.05) is 54.6 Å². The number of benzene rings is 4. The molecule has 0 radical (unpaired) electrons. The van der Waals surface area contributed by atoms with E-state index in [0.29, 0.717) is 40.2 Å². The van der Waals surface area contributed by atoms with Gasteiger partial charge in [0.15, 0.2) is 0 Å². The number of methoxy groups -OCH3 is 1. The van der Waals surface area contributed by atoms with Crippen molar-refractivity contribution in [1.82, 2.24) is 4.90 Å². The Kier molecular flexibility index (Phi) is 7.04. The van der Waals surface area contributed by atoms with Crippen LogP contribution in [0, 0.1) is 0 Å². The summed E-state index contributed by atoms with van der Waals surface area (Å²) in [5.41, 5.74) is 3.22. The maximum absolute atomic E-state index is 14.2. The van der Waals surface area contributed by atoms with Crippen LogP contribution in [0.3, 0.4) is 0 Å². The molecular formula is C34H29N3O5. The van der Waals surface area contributed by atoms with Crippen molar-refractivity contribution in [3.05, 3.63) is 125 Å². The summed E-state index contributed by atoms with van der Waals surface area (Å²) in [6.45, 7) is 1.56. The summed E-state index contributed by atoms with van der Waals surface area (Å²) in [5.74, 6) is -0.939. The van der Waals surface area contributed by atoms with Gasteiger partial charge in [-0.25, -0.2) is 0 Å². The van der Waals surface area contributed by atoms with E-state index in [4.69, 9.17) is 4.74 Å². The zero-order chi connectivity index (χ0) is 29.4. The van der Waals surface area contributed by atoms with E-state index in [-0.39, 0.29) is 11.9 Å². The van der Waals surface area contributed by atoms with Gasteiger partial charge in [-0.15, -0.1) is 0 Å². The molecule has 8 heteroatoms. The first-order valence-electron chi connectivity index (χ1n) is 13.8. The van der Waals surface area contributed by atoms with Gasteiger partial charge in [0.1, 0.15) is 12.3 Å². The SMILES string of the molecule is COc1cccc(C(=O)N2c3ccccc3[C@H](N(C(=O)CN3C(=O)c4ccccc4C3=O)c3ccccc3)C[C@@H]2C)c1. The fourth-order valence-electron chi connectivity index (χ4n) is 5.91. The van der Waals surface area contributed by atoms with E-state index in [0.717, 1.165) is 10.5 Å². The van der Waals surface area contributed by atoms with Gasteiger partial charge in [-0.2, -0.15) is 0 Å². The van der Waals surface area contributed by atoms with Crippen molar-refractivity contribution in [2.75, 3.05) is 23.5 Å². The van der Waals surface area contributed by atoms with Crippen molar-refractivity contribution in [3.8, 4) is 5.75 Å². The summed E-state index contributed by atoms with van der Waals surface area (Å²) < 4.78 is 5.34. The van der Waals surface area contributed by atoms with E-state index < -0.39 is 30.3 Å². The molecule has 42 heavy (non-hydrogen) atoms. The maximum atomic E-state index is 14.2. The smallest absolute Gasteiger partial charge is 0.262 e. The van der Waals surface area contributed by atoms with Crippen LogP contribution in [0.4, 0.5) is 11.4 Å². The van der Waals surface area contributed by atoms with Crippen LogP contribution < -0.4 is 14.5 Å². The number of nitrogens with zero attached hydrogens (tertiary/aromatic N) is 3. The van der Waals surface area contributed by atoms with E-state index in [1.54, 1.807) is 65.4 Å². The average molecular weight is 560 g/mol. The third-order valence-corrected chi connectivity index (χ3v) is 7.88. The molecule has 0 unspecified atom stereocenters. The van der Waals surface area contributed by atoms with Crippen LogP contribution in [0.15, 0.2) is 103 Å².